The van der Waals surface area contributed by atoms with E-state index in [9.17, 15) is 19.7 Å². The van der Waals surface area contributed by atoms with Crippen LogP contribution in [0.4, 0.5) is 5.69 Å². The predicted molar refractivity (Wildman–Crippen MR) is 99.7 cm³/mol. The van der Waals surface area contributed by atoms with Gasteiger partial charge in [-0.3, -0.25) is 30.6 Å². The maximum atomic E-state index is 12.0. The fourth-order valence-electron chi connectivity index (χ4n) is 2.53. The summed E-state index contributed by atoms with van der Waals surface area (Å²) in [6, 6.07) is 9.63. The Balaban J connectivity index is 1.63. The minimum atomic E-state index is -0.648. The van der Waals surface area contributed by atoms with E-state index in [0.29, 0.717) is 11.3 Å². The number of nitrogens with zero attached hydrogens (tertiary/aromatic N) is 1. The van der Waals surface area contributed by atoms with Crippen molar-refractivity contribution >= 4 is 23.6 Å². The van der Waals surface area contributed by atoms with E-state index in [1.54, 1.807) is 12.1 Å². The second kappa shape index (κ2) is 8.21. The number of ether oxygens (including phenoxy) is 2. The minimum Gasteiger partial charge on any atom is -0.454 e. The highest BCUT2D eigenvalue weighted by Crippen LogP contribution is 2.38. The zero-order valence-electron chi connectivity index (χ0n) is 14.9. The molecule has 9 nitrogen and oxygen atoms in total. The molecule has 0 fully saturated rings. The van der Waals surface area contributed by atoms with Gasteiger partial charge in [-0.25, -0.2) is 0 Å². The number of rotatable bonds is 5. The molecule has 1 aliphatic heterocycles. The lowest BCUT2D eigenvalue weighted by Gasteiger charge is -2.06. The van der Waals surface area contributed by atoms with E-state index in [1.807, 2.05) is 19.1 Å². The Kier molecular flexibility index (Phi) is 5.54. The van der Waals surface area contributed by atoms with Crippen molar-refractivity contribution in [1.29, 1.82) is 0 Å². The highest BCUT2D eigenvalue weighted by molar-refractivity contribution is 5.98. The van der Waals surface area contributed by atoms with Gasteiger partial charge in [-0.2, -0.15) is 0 Å². The molecule has 2 amide bonds. The van der Waals surface area contributed by atoms with Crippen LogP contribution in [0, 0.1) is 10.1 Å². The van der Waals surface area contributed by atoms with Gasteiger partial charge in [0.25, 0.3) is 17.5 Å². The van der Waals surface area contributed by atoms with Crippen molar-refractivity contribution in [3.05, 3.63) is 69.3 Å². The highest BCUT2D eigenvalue weighted by atomic mass is 16.7. The molecule has 1 aliphatic rings. The Hall–Kier alpha value is -3.88. The zero-order valence-corrected chi connectivity index (χ0v) is 14.9. The van der Waals surface area contributed by atoms with Gasteiger partial charge in [-0.15, -0.1) is 0 Å². The van der Waals surface area contributed by atoms with Crippen LogP contribution in [0.2, 0.25) is 0 Å². The van der Waals surface area contributed by atoms with Crippen molar-refractivity contribution < 1.29 is 24.0 Å². The normalized spacial score (nSPS) is 12.0. The number of hydrogen-bond donors (Lipinski definition) is 2. The molecule has 0 bridgehead atoms. The molecule has 0 radical (unpaired) electrons. The molecular weight excluding hydrogens is 366 g/mol. The predicted octanol–water partition coefficient (Wildman–Crippen LogP) is 2.36. The van der Waals surface area contributed by atoms with Crippen LogP contribution in [0.25, 0.3) is 6.08 Å². The molecule has 0 atom stereocenters. The monoisotopic (exact) mass is 383 g/mol. The van der Waals surface area contributed by atoms with Crippen LogP contribution in [0.3, 0.4) is 0 Å². The Morgan fingerprint density at radius 2 is 1.82 bits per heavy atom. The zero-order chi connectivity index (χ0) is 20.1. The number of hydrogen-bond acceptors (Lipinski definition) is 6. The lowest BCUT2D eigenvalue weighted by atomic mass is 10.1. The first-order valence-electron chi connectivity index (χ1n) is 8.43. The van der Waals surface area contributed by atoms with Crippen LogP contribution in [0.15, 0.2) is 42.5 Å². The Morgan fingerprint density at radius 3 is 2.46 bits per heavy atom. The average molecular weight is 383 g/mol. The molecule has 1 heterocycles. The smallest absolute Gasteiger partial charge is 0.280 e. The van der Waals surface area contributed by atoms with Crippen molar-refractivity contribution in [2.24, 2.45) is 0 Å². The highest BCUT2D eigenvalue weighted by Gasteiger charge is 2.22. The molecule has 2 N–H and O–H groups in total. The first kappa shape index (κ1) is 18.9. The summed E-state index contributed by atoms with van der Waals surface area (Å²) in [5, 5.41) is 11.2. The van der Waals surface area contributed by atoms with Crippen LogP contribution >= 0.6 is 0 Å². The molecule has 2 aromatic rings. The summed E-state index contributed by atoms with van der Waals surface area (Å²) in [6.45, 7) is 1.98. The van der Waals surface area contributed by atoms with Crippen LogP contribution in [-0.2, 0) is 11.2 Å². The molecule has 0 aromatic heterocycles. The summed E-state index contributed by atoms with van der Waals surface area (Å²) < 4.78 is 10.3. The van der Waals surface area contributed by atoms with Gasteiger partial charge >= 0.3 is 0 Å². The Labute approximate surface area is 160 Å². The third-order valence-electron chi connectivity index (χ3n) is 4.06. The number of amides is 2. The van der Waals surface area contributed by atoms with Crippen molar-refractivity contribution in [2.45, 2.75) is 13.3 Å². The quantitative estimate of drug-likeness (QED) is 0.465. The molecular formula is C19H17N3O6. The lowest BCUT2D eigenvalue weighted by Crippen LogP contribution is -2.40. The molecule has 2 aromatic carbocycles. The average Bonchev–Trinajstić information content (AvgIpc) is 3.17. The number of hydrazine groups is 1. The summed E-state index contributed by atoms with van der Waals surface area (Å²) in [6.07, 6.45) is 3.19. The number of nitro groups is 1. The van der Waals surface area contributed by atoms with Gasteiger partial charge < -0.3 is 9.47 Å². The van der Waals surface area contributed by atoms with E-state index in [1.165, 1.54) is 18.2 Å². The van der Waals surface area contributed by atoms with Gasteiger partial charge in [0.1, 0.15) is 0 Å². The topological polar surface area (TPSA) is 120 Å². The van der Waals surface area contributed by atoms with Crippen LogP contribution in [-0.4, -0.2) is 23.5 Å². The second-order valence-electron chi connectivity index (χ2n) is 5.85. The van der Waals surface area contributed by atoms with Crippen molar-refractivity contribution in [1.82, 2.24) is 10.9 Å². The summed E-state index contributed by atoms with van der Waals surface area (Å²) >= 11 is 0. The van der Waals surface area contributed by atoms with Gasteiger partial charge in [0.2, 0.25) is 6.79 Å². The number of aryl methyl sites for hydroxylation is 1. The Morgan fingerprint density at radius 1 is 1.14 bits per heavy atom. The summed E-state index contributed by atoms with van der Waals surface area (Å²) in [5.41, 5.74) is 5.94. The number of carbonyl (C=O) groups is 2. The summed E-state index contributed by atoms with van der Waals surface area (Å²) in [4.78, 5) is 34.6. The van der Waals surface area contributed by atoms with Gasteiger partial charge in [0, 0.05) is 11.6 Å². The van der Waals surface area contributed by atoms with Crippen molar-refractivity contribution in [3.63, 3.8) is 0 Å². The fourth-order valence-corrected chi connectivity index (χ4v) is 2.53. The van der Waals surface area contributed by atoms with E-state index in [0.717, 1.165) is 18.1 Å². The molecule has 9 heteroatoms. The number of fused-ring (bicyclic) bond motifs is 1. The van der Waals surface area contributed by atoms with Gasteiger partial charge in [0.15, 0.2) is 11.5 Å². The summed E-state index contributed by atoms with van der Waals surface area (Å²) in [5.74, 6) is -0.493. The van der Waals surface area contributed by atoms with E-state index in [-0.39, 0.29) is 23.8 Å². The van der Waals surface area contributed by atoms with Crippen LogP contribution in [0.1, 0.15) is 28.4 Å². The first-order valence-corrected chi connectivity index (χ1v) is 8.43. The number of benzene rings is 2. The van der Waals surface area contributed by atoms with Crippen molar-refractivity contribution in [3.8, 4) is 11.5 Å². The molecule has 0 saturated carbocycles. The van der Waals surface area contributed by atoms with Gasteiger partial charge in [-0.05, 0) is 36.3 Å². The summed E-state index contributed by atoms with van der Waals surface area (Å²) in [7, 11) is 0. The third kappa shape index (κ3) is 4.26. The maximum absolute atomic E-state index is 12.0. The SMILES string of the molecule is CCc1ccc(C(=O)NNC(=O)/C=C/c2cc3c(cc2[N+](=O)[O-])OCO3)cc1. The van der Waals surface area contributed by atoms with E-state index in [4.69, 9.17) is 9.47 Å². The minimum absolute atomic E-state index is 0.0224. The molecule has 28 heavy (non-hydrogen) atoms. The van der Waals surface area contributed by atoms with Gasteiger partial charge in [-0.1, -0.05) is 19.1 Å². The largest absolute Gasteiger partial charge is 0.454 e. The first-order chi connectivity index (χ1) is 13.5. The molecule has 0 unspecified atom stereocenters. The van der Waals surface area contributed by atoms with Crippen LogP contribution in [0.5, 0.6) is 11.5 Å². The van der Waals surface area contributed by atoms with E-state index < -0.39 is 16.7 Å². The molecule has 0 saturated heterocycles. The van der Waals surface area contributed by atoms with Crippen LogP contribution < -0.4 is 20.3 Å². The molecule has 144 valence electrons. The molecule has 0 spiro atoms. The van der Waals surface area contributed by atoms with E-state index in [2.05, 4.69) is 10.9 Å². The van der Waals surface area contributed by atoms with Crippen molar-refractivity contribution in [2.75, 3.05) is 6.79 Å². The Bertz CT molecular complexity index is 953. The van der Waals surface area contributed by atoms with Gasteiger partial charge in [0.05, 0.1) is 16.6 Å². The number of nitro benzene ring substituents is 1. The maximum Gasteiger partial charge on any atom is 0.280 e. The standard InChI is InChI=1S/C19H17N3O6/c1-2-12-3-5-13(6-4-12)19(24)21-20-18(23)8-7-14-9-16-17(28-11-27-16)10-15(14)22(25)26/h3-10H,2,11H2,1H3,(H,20,23)(H,21,24)/b8-7+. The lowest BCUT2D eigenvalue weighted by molar-refractivity contribution is -0.385. The fraction of sp³-hybridized carbons (Fsp3) is 0.158. The van der Waals surface area contributed by atoms with E-state index >= 15 is 0 Å². The second-order valence-corrected chi connectivity index (χ2v) is 5.85. The third-order valence-corrected chi connectivity index (χ3v) is 4.06. The molecule has 3 rings (SSSR count). The number of carbonyl (C=O) groups excluding carboxylic acids is 2. The number of nitrogens with one attached hydrogen (secondary N) is 2. The molecule has 0 aliphatic carbocycles.